The summed E-state index contributed by atoms with van der Waals surface area (Å²) >= 11 is 9.84. The van der Waals surface area contributed by atoms with Crippen LogP contribution >= 0.6 is 23.2 Å². The van der Waals surface area contributed by atoms with Crippen LogP contribution in [0, 0.1) is 17.5 Å². The molecule has 1 saturated heterocycles. The molecule has 8 nitrogen and oxygen atoms in total. The number of aromatic nitrogens is 3. The molecule has 14 heteroatoms. The van der Waals surface area contributed by atoms with Crippen LogP contribution in [0.4, 0.5) is 13.2 Å². The summed E-state index contributed by atoms with van der Waals surface area (Å²) in [4.78, 5) is 0.168. The molecule has 0 amide bonds. The lowest BCUT2D eigenvalue weighted by atomic mass is 9.97. The standard InChI is InChI=1S/C20H16Cl2F3N3O5S/c21-10-2-1-9(5-11(10)22)34(32)20-19(31)17(18(30)15(7-29)33-20)28-6-14(26-27-28)8-3-12(23)16(25)13(24)4-8/h1-6,15,17-20,29-31H,7H2. The number of aliphatic hydroxyl groups is 3. The zero-order chi connectivity index (χ0) is 24.7. The molecule has 0 spiro atoms. The number of hydrogen-bond acceptors (Lipinski definition) is 7. The molecule has 0 radical (unpaired) electrons. The molecular formula is C20H16Cl2F3N3O5S. The molecule has 0 aliphatic carbocycles. The van der Waals surface area contributed by atoms with Crippen LogP contribution in [0.5, 0.6) is 0 Å². The maximum Gasteiger partial charge on any atom is 0.250 e. The zero-order valence-corrected chi connectivity index (χ0v) is 19.2. The third kappa shape index (κ3) is 4.64. The van der Waals surface area contributed by atoms with Crippen molar-refractivity contribution in [2.24, 2.45) is 0 Å². The Balaban J connectivity index is 1.67. The molecular weight excluding hydrogens is 522 g/mol. The second-order valence-corrected chi connectivity index (χ2v) is 9.75. The van der Waals surface area contributed by atoms with Crippen molar-refractivity contribution in [3.05, 3.63) is 64.0 Å². The Morgan fingerprint density at radius 1 is 1.06 bits per heavy atom. The number of aliphatic hydroxyl groups excluding tert-OH is 3. The summed E-state index contributed by atoms with van der Waals surface area (Å²) < 4.78 is 60.2. The van der Waals surface area contributed by atoms with E-state index in [4.69, 9.17) is 27.9 Å². The minimum atomic E-state index is -2.03. The summed E-state index contributed by atoms with van der Waals surface area (Å²) in [6.45, 7) is -0.685. The predicted molar refractivity (Wildman–Crippen MR) is 115 cm³/mol. The topological polar surface area (TPSA) is 124 Å². The Morgan fingerprint density at radius 3 is 2.35 bits per heavy atom. The van der Waals surface area contributed by atoms with Gasteiger partial charge in [-0.1, -0.05) is 28.4 Å². The molecule has 0 saturated carbocycles. The summed E-state index contributed by atoms with van der Waals surface area (Å²) in [5, 5.41) is 39.2. The van der Waals surface area contributed by atoms with E-state index in [9.17, 15) is 33.0 Å². The maximum atomic E-state index is 13.6. The van der Waals surface area contributed by atoms with Crippen molar-refractivity contribution in [1.82, 2.24) is 15.0 Å². The van der Waals surface area contributed by atoms with Gasteiger partial charge in [0.25, 0.3) is 0 Å². The molecule has 182 valence electrons. The normalized spacial score (nSPS) is 26.0. The van der Waals surface area contributed by atoms with Crippen molar-refractivity contribution in [1.29, 1.82) is 0 Å². The average Bonchev–Trinajstić information content (AvgIpc) is 3.28. The van der Waals surface area contributed by atoms with Crippen LogP contribution in [0.15, 0.2) is 41.4 Å². The molecule has 6 unspecified atom stereocenters. The summed E-state index contributed by atoms with van der Waals surface area (Å²) in [6, 6.07) is 4.26. The molecule has 6 atom stereocenters. The summed E-state index contributed by atoms with van der Waals surface area (Å²) in [5.74, 6) is -4.52. The summed E-state index contributed by atoms with van der Waals surface area (Å²) in [6.07, 6.45) is -3.27. The number of nitrogens with zero attached hydrogens (tertiary/aromatic N) is 3. The van der Waals surface area contributed by atoms with E-state index in [0.29, 0.717) is 12.1 Å². The van der Waals surface area contributed by atoms with E-state index in [2.05, 4.69) is 10.3 Å². The van der Waals surface area contributed by atoms with Gasteiger partial charge in [0.2, 0.25) is 5.44 Å². The summed E-state index contributed by atoms with van der Waals surface area (Å²) in [7, 11) is 0. The lowest BCUT2D eigenvalue weighted by molar-refractivity contribution is -0.180. The van der Waals surface area contributed by atoms with Crippen molar-refractivity contribution in [2.75, 3.05) is 6.61 Å². The van der Waals surface area contributed by atoms with Gasteiger partial charge in [0.15, 0.2) is 28.5 Å². The highest BCUT2D eigenvalue weighted by Gasteiger charge is 2.51. The van der Waals surface area contributed by atoms with E-state index < -0.39 is 65.0 Å². The van der Waals surface area contributed by atoms with Crippen LogP contribution in [-0.2, 0) is 15.9 Å². The van der Waals surface area contributed by atoms with Gasteiger partial charge in [0.05, 0.1) is 22.8 Å². The molecule has 4 rings (SSSR count). The average molecular weight is 538 g/mol. The third-order valence-electron chi connectivity index (χ3n) is 5.28. The number of rotatable bonds is 5. The minimum Gasteiger partial charge on any atom is -0.609 e. The van der Waals surface area contributed by atoms with Gasteiger partial charge in [-0.15, -0.1) is 5.10 Å². The monoisotopic (exact) mass is 537 g/mol. The first-order valence-electron chi connectivity index (χ1n) is 9.67. The lowest BCUT2D eigenvalue weighted by Gasteiger charge is -2.41. The molecule has 1 aliphatic rings. The fraction of sp³-hybridized carbons (Fsp3) is 0.300. The Labute approximate surface area is 203 Å². The Morgan fingerprint density at radius 2 is 1.74 bits per heavy atom. The molecule has 2 aromatic carbocycles. The van der Waals surface area contributed by atoms with Gasteiger partial charge < -0.3 is 24.6 Å². The first-order chi connectivity index (χ1) is 16.1. The van der Waals surface area contributed by atoms with E-state index >= 15 is 0 Å². The van der Waals surface area contributed by atoms with Crippen LogP contribution in [0.2, 0.25) is 10.0 Å². The van der Waals surface area contributed by atoms with Gasteiger partial charge >= 0.3 is 0 Å². The van der Waals surface area contributed by atoms with Crippen molar-refractivity contribution in [3.63, 3.8) is 0 Å². The van der Waals surface area contributed by atoms with E-state index in [1.54, 1.807) is 0 Å². The van der Waals surface area contributed by atoms with E-state index in [1.807, 2.05) is 0 Å². The molecule has 3 aromatic rings. The Bertz CT molecular complexity index is 1180. The lowest BCUT2D eigenvalue weighted by Crippen LogP contribution is -2.58. The van der Waals surface area contributed by atoms with Crippen LogP contribution in [0.1, 0.15) is 6.04 Å². The van der Waals surface area contributed by atoms with Crippen molar-refractivity contribution in [2.45, 2.75) is 34.7 Å². The van der Waals surface area contributed by atoms with Crippen LogP contribution < -0.4 is 0 Å². The van der Waals surface area contributed by atoms with Gasteiger partial charge in [-0.2, -0.15) is 0 Å². The molecule has 0 bridgehead atoms. The second-order valence-electron chi connectivity index (χ2n) is 7.41. The van der Waals surface area contributed by atoms with E-state index in [0.717, 1.165) is 10.9 Å². The fourth-order valence-electron chi connectivity index (χ4n) is 3.55. The molecule has 34 heavy (non-hydrogen) atoms. The Hall–Kier alpha value is -1.90. The van der Waals surface area contributed by atoms with Gasteiger partial charge in [-0.25, -0.2) is 17.9 Å². The molecule has 2 heterocycles. The molecule has 1 fully saturated rings. The van der Waals surface area contributed by atoms with E-state index in [-0.39, 0.29) is 26.2 Å². The van der Waals surface area contributed by atoms with Crippen LogP contribution in [0.3, 0.4) is 0 Å². The van der Waals surface area contributed by atoms with Gasteiger partial charge in [0.1, 0.15) is 23.9 Å². The first kappa shape index (κ1) is 25.2. The summed E-state index contributed by atoms with van der Waals surface area (Å²) in [5.41, 5.74) is -1.67. The number of halogens is 5. The smallest absolute Gasteiger partial charge is 0.250 e. The van der Waals surface area contributed by atoms with Gasteiger partial charge in [0, 0.05) is 22.8 Å². The van der Waals surface area contributed by atoms with Crippen LogP contribution in [-0.4, -0.2) is 65.2 Å². The SMILES string of the molecule is [O-][S+](c1ccc(Cl)c(Cl)c1)C1OC(CO)C(O)C(n2cc(-c3cc(F)c(F)c(F)c3)nn2)C1O. The van der Waals surface area contributed by atoms with Gasteiger partial charge in [-0.3, -0.25) is 0 Å². The van der Waals surface area contributed by atoms with Crippen LogP contribution in [0.25, 0.3) is 11.3 Å². The predicted octanol–water partition coefficient (Wildman–Crippen LogP) is 2.46. The largest absolute Gasteiger partial charge is 0.609 e. The third-order valence-corrected chi connectivity index (χ3v) is 7.55. The molecule has 3 N–H and O–H groups in total. The van der Waals surface area contributed by atoms with Gasteiger partial charge in [-0.05, 0) is 24.3 Å². The number of benzene rings is 2. The first-order valence-corrected chi connectivity index (χ1v) is 11.6. The minimum absolute atomic E-state index is 0.0913. The highest BCUT2D eigenvalue weighted by atomic mass is 35.5. The fourth-order valence-corrected chi connectivity index (χ4v) is 5.28. The maximum absolute atomic E-state index is 13.6. The molecule has 1 aliphatic heterocycles. The highest BCUT2D eigenvalue weighted by Crippen LogP contribution is 2.36. The highest BCUT2D eigenvalue weighted by molar-refractivity contribution is 7.92. The quantitative estimate of drug-likeness (QED) is 0.337. The van der Waals surface area contributed by atoms with Crippen molar-refractivity contribution < 1.29 is 37.8 Å². The number of ether oxygens (including phenoxy) is 1. The zero-order valence-electron chi connectivity index (χ0n) is 16.9. The van der Waals surface area contributed by atoms with Crippen molar-refractivity contribution >= 4 is 34.4 Å². The molecule has 1 aromatic heterocycles. The van der Waals surface area contributed by atoms with Crippen molar-refractivity contribution in [3.8, 4) is 11.3 Å². The van der Waals surface area contributed by atoms with E-state index in [1.165, 1.54) is 18.2 Å². The Kier molecular flexibility index (Phi) is 7.41. The second kappa shape index (κ2) is 9.99. The number of hydrogen-bond donors (Lipinski definition) is 3.